The Balaban J connectivity index is 2.83. The van der Waals surface area contributed by atoms with Crippen LogP contribution in [-0.4, -0.2) is 16.1 Å². The highest BCUT2D eigenvalue weighted by Gasteiger charge is 1.99. The van der Waals surface area contributed by atoms with E-state index in [0.29, 0.717) is 6.54 Å². The highest BCUT2D eigenvalue weighted by atomic mass is 15.1. The highest BCUT2D eigenvalue weighted by molar-refractivity contribution is 5.02. The van der Waals surface area contributed by atoms with Crippen LogP contribution in [-0.2, 0) is 13.5 Å². The highest BCUT2D eigenvalue weighted by Crippen LogP contribution is 2.00. The number of rotatable bonds is 2. The Morgan fingerprint density at radius 3 is 2.80 bits per heavy atom. The van der Waals surface area contributed by atoms with Crippen LogP contribution in [0, 0.1) is 6.92 Å². The topological polar surface area (TPSA) is 43.8 Å². The minimum absolute atomic E-state index is 0.671. The molecule has 0 atom stereocenters. The van der Waals surface area contributed by atoms with E-state index < -0.39 is 0 Å². The molecule has 0 bridgehead atoms. The van der Waals surface area contributed by atoms with E-state index in [0.717, 1.165) is 12.2 Å². The van der Waals surface area contributed by atoms with Crippen molar-refractivity contribution in [1.29, 1.82) is 0 Å². The third kappa shape index (κ3) is 1.19. The second kappa shape index (κ2) is 2.84. The first-order valence-corrected chi connectivity index (χ1v) is 3.43. The monoisotopic (exact) mass is 139 g/mol. The molecule has 0 amide bonds. The quantitative estimate of drug-likeness (QED) is 0.637. The molecule has 0 fully saturated rings. The summed E-state index contributed by atoms with van der Waals surface area (Å²) in [5.74, 6) is 1.07. The minimum Gasteiger partial charge on any atom is -0.335 e. The summed E-state index contributed by atoms with van der Waals surface area (Å²) in [4.78, 5) is 4.19. The number of nitrogens with zero attached hydrogens (tertiary/aromatic N) is 2. The number of hydrogen-bond donors (Lipinski definition) is 1. The molecule has 0 saturated carbocycles. The van der Waals surface area contributed by atoms with Gasteiger partial charge < -0.3 is 10.3 Å². The molecule has 0 aliphatic rings. The van der Waals surface area contributed by atoms with Gasteiger partial charge in [0.25, 0.3) is 0 Å². The molecule has 0 unspecified atom stereocenters. The number of aryl methyl sites for hydroxylation is 1. The largest absolute Gasteiger partial charge is 0.335 e. The van der Waals surface area contributed by atoms with Gasteiger partial charge in [0.2, 0.25) is 0 Å². The van der Waals surface area contributed by atoms with Crippen LogP contribution in [0.3, 0.4) is 0 Å². The van der Waals surface area contributed by atoms with Crippen LogP contribution in [0.15, 0.2) is 6.20 Å². The molecule has 0 radical (unpaired) electrons. The lowest BCUT2D eigenvalue weighted by Crippen LogP contribution is -2.08. The molecular formula is C7H13N3. The molecule has 0 aliphatic heterocycles. The van der Waals surface area contributed by atoms with Crippen LogP contribution in [0.4, 0.5) is 0 Å². The van der Waals surface area contributed by atoms with Gasteiger partial charge in [-0.1, -0.05) is 0 Å². The zero-order valence-electron chi connectivity index (χ0n) is 6.46. The van der Waals surface area contributed by atoms with Crippen LogP contribution in [0.1, 0.15) is 11.5 Å². The van der Waals surface area contributed by atoms with Crippen LogP contribution >= 0.6 is 0 Å². The summed E-state index contributed by atoms with van der Waals surface area (Å²) in [6.45, 7) is 2.71. The van der Waals surface area contributed by atoms with Crippen LogP contribution in [0.2, 0.25) is 0 Å². The third-order valence-electron chi connectivity index (χ3n) is 1.68. The van der Waals surface area contributed by atoms with E-state index in [1.54, 1.807) is 0 Å². The zero-order valence-corrected chi connectivity index (χ0v) is 6.46. The van der Waals surface area contributed by atoms with Gasteiger partial charge in [-0.15, -0.1) is 0 Å². The Morgan fingerprint density at radius 1 is 1.70 bits per heavy atom. The Labute approximate surface area is 60.9 Å². The molecular weight excluding hydrogens is 126 g/mol. The van der Waals surface area contributed by atoms with Crippen molar-refractivity contribution in [2.45, 2.75) is 13.3 Å². The maximum Gasteiger partial charge on any atom is 0.109 e. The van der Waals surface area contributed by atoms with Crippen LogP contribution in [0.5, 0.6) is 0 Å². The average molecular weight is 139 g/mol. The normalized spacial score (nSPS) is 10.3. The van der Waals surface area contributed by atoms with E-state index in [2.05, 4.69) is 9.55 Å². The van der Waals surface area contributed by atoms with Crippen molar-refractivity contribution >= 4 is 0 Å². The molecule has 1 aromatic heterocycles. The fourth-order valence-corrected chi connectivity index (χ4v) is 0.906. The second-order valence-corrected chi connectivity index (χ2v) is 2.41. The zero-order chi connectivity index (χ0) is 7.56. The van der Waals surface area contributed by atoms with Gasteiger partial charge in [-0.3, -0.25) is 0 Å². The third-order valence-corrected chi connectivity index (χ3v) is 1.68. The summed E-state index contributed by atoms with van der Waals surface area (Å²) < 4.78 is 2.06. The first-order chi connectivity index (χ1) is 4.75. The summed E-state index contributed by atoms with van der Waals surface area (Å²) in [5.41, 5.74) is 6.57. The Bertz CT molecular complexity index is 215. The summed E-state index contributed by atoms with van der Waals surface area (Å²) in [6, 6.07) is 0. The summed E-state index contributed by atoms with van der Waals surface area (Å²) in [6.07, 6.45) is 2.73. The van der Waals surface area contributed by atoms with Gasteiger partial charge in [0.05, 0.1) is 0 Å². The van der Waals surface area contributed by atoms with Gasteiger partial charge in [0.15, 0.2) is 0 Å². The van der Waals surface area contributed by atoms with Gasteiger partial charge in [-0.25, -0.2) is 4.98 Å². The predicted molar refractivity (Wildman–Crippen MR) is 40.7 cm³/mol. The fraction of sp³-hybridized carbons (Fsp3) is 0.571. The van der Waals surface area contributed by atoms with E-state index in [1.807, 2.05) is 20.2 Å². The Hall–Kier alpha value is -0.830. The van der Waals surface area contributed by atoms with E-state index >= 15 is 0 Å². The first-order valence-electron chi connectivity index (χ1n) is 3.43. The van der Waals surface area contributed by atoms with Crippen molar-refractivity contribution in [2.75, 3.05) is 6.54 Å². The molecule has 0 spiro atoms. The van der Waals surface area contributed by atoms with Crippen molar-refractivity contribution in [3.63, 3.8) is 0 Å². The van der Waals surface area contributed by atoms with Gasteiger partial charge in [-0.2, -0.15) is 0 Å². The predicted octanol–water partition coefficient (Wildman–Crippen LogP) is 0.230. The number of imidazole rings is 1. The maximum absolute atomic E-state index is 5.39. The van der Waals surface area contributed by atoms with Gasteiger partial charge in [0, 0.05) is 25.4 Å². The lowest BCUT2D eigenvalue weighted by atomic mass is 10.4. The molecule has 3 heteroatoms. The smallest absolute Gasteiger partial charge is 0.109 e. The molecule has 2 N–H and O–H groups in total. The molecule has 56 valence electrons. The molecule has 1 aromatic rings. The SMILES string of the molecule is Cc1cnc(CCN)n1C. The van der Waals surface area contributed by atoms with Crippen molar-refractivity contribution in [1.82, 2.24) is 9.55 Å². The number of aromatic nitrogens is 2. The fourth-order valence-electron chi connectivity index (χ4n) is 0.906. The summed E-state index contributed by atoms with van der Waals surface area (Å²) >= 11 is 0. The van der Waals surface area contributed by atoms with E-state index in [9.17, 15) is 0 Å². The van der Waals surface area contributed by atoms with E-state index in [-0.39, 0.29) is 0 Å². The van der Waals surface area contributed by atoms with Gasteiger partial charge in [0.1, 0.15) is 5.82 Å². The average Bonchev–Trinajstić information content (AvgIpc) is 2.20. The van der Waals surface area contributed by atoms with E-state index in [1.165, 1.54) is 5.69 Å². The molecule has 0 aliphatic carbocycles. The van der Waals surface area contributed by atoms with Crippen LogP contribution < -0.4 is 5.73 Å². The lowest BCUT2D eigenvalue weighted by Gasteiger charge is -1.99. The molecule has 10 heavy (non-hydrogen) atoms. The number of hydrogen-bond acceptors (Lipinski definition) is 2. The minimum atomic E-state index is 0.671. The molecule has 0 saturated heterocycles. The van der Waals surface area contributed by atoms with Gasteiger partial charge >= 0.3 is 0 Å². The lowest BCUT2D eigenvalue weighted by molar-refractivity contribution is 0.761. The molecule has 1 rings (SSSR count). The number of nitrogens with two attached hydrogens (primary N) is 1. The maximum atomic E-state index is 5.39. The summed E-state index contributed by atoms with van der Waals surface area (Å²) in [5, 5.41) is 0. The first kappa shape index (κ1) is 7.28. The summed E-state index contributed by atoms with van der Waals surface area (Å²) in [7, 11) is 2.01. The van der Waals surface area contributed by atoms with Gasteiger partial charge in [-0.05, 0) is 13.5 Å². The van der Waals surface area contributed by atoms with Crippen molar-refractivity contribution < 1.29 is 0 Å². The Morgan fingerprint density at radius 2 is 2.40 bits per heavy atom. The van der Waals surface area contributed by atoms with Crippen LogP contribution in [0.25, 0.3) is 0 Å². The second-order valence-electron chi connectivity index (χ2n) is 2.41. The van der Waals surface area contributed by atoms with Crippen molar-refractivity contribution in [3.8, 4) is 0 Å². The van der Waals surface area contributed by atoms with Crippen molar-refractivity contribution in [2.24, 2.45) is 12.8 Å². The molecule has 1 heterocycles. The van der Waals surface area contributed by atoms with E-state index in [4.69, 9.17) is 5.73 Å². The Kier molecular flexibility index (Phi) is 2.06. The molecule has 3 nitrogen and oxygen atoms in total. The molecule has 0 aromatic carbocycles. The van der Waals surface area contributed by atoms with Crippen molar-refractivity contribution in [3.05, 3.63) is 17.7 Å². The standard InChI is InChI=1S/C7H13N3/c1-6-5-9-7(3-4-8)10(6)2/h5H,3-4,8H2,1-2H3.